The van der Waals surface area contributed by atoms with E-state index in [-0.39, 0.29) is 6.61 Å². The second-order valence-corrected chi connectivity index (χ2v) is 6.00. The second-order valence-electron chi connectivity index (χ2n) is 5.15. The number of para-hydroxylation sites is 1. The largest absolute Gasteiger partial charge is 0.491 e. The summed E-state index contributed by atoms with van der Waals surface area (Å²) in [6.07, 6.45) is -0.571. The molecule has 112 valence electrons. The topological polar surface area (TPSA) is 41.5 Å². The van der Waals surface area contributed by atoms with E-state index >= 15 is 0 Å². The lowest BCUT2D eigenvalue weighted by Crippen LogP contribution is -2.26. The summed E-state index contributed by atoms with van der Waals surface area (Å²) in [5, 5.41) is 13.2. The van der Waals surface area contributed by atoms with E-state index in [1.54, 1.807) is 0 Å². The minimum Gasteiger partial charge on any atom is -0.491 e. The van der Waals surface area contributed by atoms with Crippen molar-refractivity contribution in [3.63, 3.8) is 0 Å². The number of aliphatic hydroxyl groups excluding tert-OH is 1. The summed E-state index contributed by atoms with van der Waals surface area (Å²) in [5.74, 6) is 0.799. The fraction of sp³-hybridized carbons (Fsp3) is 0.294. The SMILES string of the molecule is Cc1cc(C)cc(OCC(O)CNc2ccccc2Br)c1. The maximum Gasteiger partial charge on any atom is 0.119 e. The molecule has 2 aromatic carbocycles. The Morgan fingerprint density at radius 2 is 1.81 bits per heavy atom. The van der Waals surface area contributed by atoms with Gasteiger partial charge in [0.05, 0.1) is 0 Å². The molecule has 2 aromatic rings. The Morgan fingerprint density at radius 1 is 1.14 bits per heavy atom. The molecule has 3 nitrogen and oxygen atoms in total. The maximum atomic E-state index is 10.00. The van der Waals surface area contributed by atoms with Gasteiger partial charge in [0, 0.05) is 16.7 Å². The smallest absolute Gasteiger partial charge is 0.119 e. The van der Waals surface area contributed by atoms with Crippen LogP contribution in [0.15, 0.2) is 46.9 Å². The average Bonchev–Trinajstić information content (AvgIpc) is 2.43. The summed E-state index contributed by atoms with van der Waals surface area (Å²) in [7, 11) is 0. The van der Waals surface area contributed by atoms with Gasteiger partial charge in [0.15, 0.2) is 0 Å². The molecule has 2 N–H and O–H groups in total. The van der Waals surface area contributed by atoms with E-state index in [9.17, 15) is 5.11 Å². The van der Waals surface area contributed by atoms with Crippen LogP contribution in [0.5, 0.6) is 5.75 Å². The third-order valence-electron chi connectivity index (χ3n) is 3.04. The number of aryl methyl sites for hydroxylation is 2. The highest BCUT2D eigenvalue weighted by Gasteiger charge is 2.07. The molecule has 0 saturated heterocycles. The molecule has 0 spiro atoms. The fourth-order valence-electron chi connectivity index (χ4n) is 2.10. The van der Waals surface area contributed by atoms with Gasteiger partial charge in [0.1, 0.15) is 18.5 Å². The minimum atomic E-state index is -0.571. The Labute approximate surface area is 134 Å². The van der Waals surface area contributed by atoms with Gasteiger partial charge in [0.2, 0.25) is 0 Å². The number of ether oxygens (including phenoxy) is 1. The number of hydrogen-bond acceptors (Lipinski definition) is 3. The minimum absolute atomic E-state index is 0.264. The van der Waals surface area contributed by atoms with Crippen LogP contribution in [0.2, 0.25) is 0 Å². The number of halogens is 1. The molecule has 0 radical (unpaired) electrons. The molecule has 0 amide bonds. The first-order chi connectivity index (χ1) is 10.0. The molecule has 0 aliphatic carbocycles. The normalized spacial score (nSPS) is 12.0. The van der Waals surface area contributed by atoms with Crippen LogP contribution in [0.25, 0.3) is 0 Å². The van der Waals surface area contributed by atoms with E-state index in [4.69, 9.17) is 4.74 Å². The molecule has 21 heavy (non-hydrogen) atoms. The Bertz CT molecular complexity index is 581. The quantitative estimate of drug-likeness (QED) is 0.830. The van der Waals surface area contributed by atoms with Crippen molar-refractivity contribution >= 4 is 21.6 Å². The standard InChI is InChI=1S/C17H20BrNO2/c1-12-7-13(2)9-15(8-12)21-11-14(20)10-19-17-6-4-3-5-16(17)18/h3-9,14,19-20H,10-11H2,1-2H3. The van der Waals surface area contributed by atoms with Crippen LogP contribution in [0.1, 0.15) is 11.1 Å². The van der Waals surface area contributed by atoms with E-state index < -0.39 is 6.10 Å². The van der Waals surface area contributed by atoms with Gasteiger partial charge in [-0.05, 0) is 65.2 Å². The third kappa shape index (κ3) is 5.06. The van der Waals surface area contributed by atoms with Crippen molar-refractivity contribution in [2.75, 3.05) is 18.5 Å². The van der Waals surface area contributed by atoms with Crippen LogP contribution in [0.4, 0.5) is 5.69 Å². The maximum absolute atomic E-state index is 10.00. The predicted octanol–water partition coefficient (Wildman–Crippen LogP) is 3.92. The van der Waals surface area contributed by atoms with Crippen LogP contribution in [-0.4, -0.2) is 24.4 Å². The monoisotopic (exact) mass is 349 g/mol. The van der Waals surface area contributed by atoms with Crippen molar-refractivity contribution < 1.29 is 9.84 Å². The molecule has 0 fully saturated rings. The highest BCUT2D eigenvalue weighted by Crippen LogP contribution is 2.21. The molecule has 0 heterocycles. The first-order valence-electron chi connectivity index (χ1n) is 6.92. The van der Waals surface area contributed by atoms with E-state index in [1.807, 2.05) is 50.2 Å². The average molecular weight is 350 g/mol. The molecule has 1 atom stereocenters. The first-order valence-corrected chi connectivity index (χ1v) is 7.71. The van der Waals surface area contributed by atoms with Gasteiger partial charge in [-0.15, -0.1) is 0 Å². The lowest BCUT2D eigenvalue weighted by Gasteiger charge is -2.15. The molecule has 1 unspecified atom stereocenters. The van der Waals surface area contributed by atoms with Crippen LogP contribution < -0.4 is 10.1 Å². The van der Waals surface area contributed by atoms with Crippen LogP contribution in [0.3, 0.4) is 0 Å². The van der Waals surface area contributed by atoms with Crippen LogP contribution >= 0.6 is 15.9 Å². The van der Waals surface area contributed by atoms with Gasteiger partial charge < -0.3 is 15.2 Å². The molecular formula is C17H20BrNO2. The molecule has 0 saturated carbocycles. The number of hydrogen-bond donors (Lipinski definition) is 2. The molecule has 0 aromatic heterocycles. The summed E-state index contributed by atoms with van der Waals surface area (Å²) in [6.45, 7) is 4.77. The van der Waals surface area contributed by atoms with Crippen molar-refractivity contribution in [3.8, 4) is 5.75 Å². The summed E-state index contributed by atoms with van der Waals surface area (Å²) in [6, 6.07) is 13.9. The Kier molecular flexibility index (Phi) is 5.65. The summed E-state index contributed by atoms with van der Waals surface area (Å²) in [5.41, 5.74) is 3.28. The molecular weight excluding hydrogens is 330 g/mol. The fourth-order valence-corrected chi connectivity index (χ4v) is 2.52. The van der Waals surface area contributed by atoms with Crippen molar-refractivity contribution in [2.24, 2.45) is 0 Å². The summed E-state index contributed by atoms with van der Waals surface area (Å²) >= 11 is 3.46. The number of aliphatic hydroxyl groups is 1. The Balaban J connectivity index is 1.82. The zero-order valence-electron chi connectivity index (χ0n) is 12.3. The van der Waals surface area contributed by atoms with E-state index in [1.165, 1.54) is 0 Å². The van der Waals surface area contributed by atoms with Gasteiger partial charge in [-0.3, -0.25) is 0 Å². The van der Waals surface area contributed by atoms with Crippen LogP contribution in [-0.2, 0) is 0 Å². The number of anilines is 1. The zero-order valence-corrected chi connectivity index (χ0v) is 13.9. The van der Waals surface area contributed by atoms with Crippen molar-refractivity contribution in [2.45, 2.75) is 20.0 Å². The van der Waals surface area contributed by atoms with E-state index in [0.29, 0.717) is 6.54 Å². The molecule has 0 aliphatic rings. The lowest BCUT2D eigenvalue weighted by molar-refractivity contribution is 0.117. The number of benzene rings is 2. The molecule has 2 rings (SSSR count). The van der Waals surface area contributed by atoms with Gasteiger partial charge in [0.25, 0.3) is 0 Å². The van der Waals surface area contributed by atoms with Gasteiger partial charge in [-0.25, -0.2) is 0 Å². The molecule has 0 bridgehead atoms. The van der Waals surface area contributed by atoms with Crippen molar-refractivity contribution in [1.29, 1.82) is 0 Å². The van der Waals surface area contributed by atoms with E-state index in [0.717, 1.165) is 27.0 Å². The van der Waals surface area contributed by atoms with Crippen molar-refractivity contribution in [3.05, 3.63) is 58.1 Å². The Morgan fingerprint density at radius 3 is 2.48 bits per heavy atom. The highest BCUT2D eigenvalue weighted by atomic mass is 79.9. The number of nitrogens with one attached hydrogen (secondary N) is 1. The lowest BCUT2D eigenvalue weighted by atomic mass is 10.1. The third-order valence-corrected chi connectivity index (χ3v) is 3.73. The molecule has 4 heteroatoms. The van der Waals surface area contributed by atoms with Crippen LogP contribution in [0, 0.1) is 13.8 Å². The molecule has 0 aliphatic heterocycles. The first kappa shape index (κ1) is 15.9. The van der Waals surface area contributed by atoms with E-state index in [2.05, 4.69) is 27.3 Å². The summed E-state index contributed by atoms with van der Waals surface area (Å²) < 4.78 is 6.63. The highest BCUT2D eigenvalue weighted by molar-refractivity contribution is 9.10. The number of rotatable bonds is 6. The second kappa shape index (κ2) is 7.48. The van der Waals surface area contributed by atoms with Crippen molar-refractivity contribution in [1.82, 2.24) is 0 Å². The predicted molar refractivity (Wildman–Crippen MR) is 90.0 cm³/mol. The van der Waals surface area contributed by atoms with Gasteiger partial charge >= 0.3 is 0 Å². The summed E-state index contributed by atoms with van der Waals surface area (Å²) in [4.78, 5) is 0. The van der Waals surface area contributed by atoms with Gasteiger partial charge in [-0.1, -0.05) is 18.2 Å². The zero-order chi connectivity index (χ0) is 15.2. The Hall–Kier alpha value is -1.52. The van der Waals surface area contributed by atoms with Gasteiger partial charge in [-0.2, -0.15) is 0 Å².